The van der Waals surface area contributed by atoms with E-state index in [2.05, 4.69) is 4.90 Å². The molecule has 1 aromatic carbocycles. The van der Waals surface area contributed by atoms with Gasteiger partial charge in [0.15, 0.2) is 0 Å². The van der Waals surface area contributed by atoms with E-state index in [1.54, 1.807) is 12.1 Å². The number of nitrogens with zero attached hydrogens (tertiary/aromatic N) is 2. The highest BCUT2D eigenvalue weighted by molar-refractivity contribution is 7.89. The Labute approximate surface area is 159 Å². The lowest BCUT2D eigenvalue weighted by molar-refractivity contribution is 0.0561. The Balaban J connectivity index is 1.68. The van der Waals surface area contributed by atoms with Crippen LogP contribution < -0.4 is 0 Å². The fourth-order valence-electron chi connectivity index (χ4n) is 3.23. The Hall–Kier alpha value is -2.16. The number of carbonyl (C=O) groups excluding carboxylic acids is 1. The molecule has 1 aliphatic heterocycles. The van der Waals surface area contributed by atoms with Crippen LogP contribution in [0.15, 0.2) is 39.8 Å². The van der Waals surface area contributed by atoms with Crippen molar-refractivity contribution in [3.05, 3.63) is 53.0 Å². The monoisotopic (exact) mass is 392 g/mol. The number of ether oxygens (including phenoxy) is 1. The molecule has 0 saturated carbocycles. The van der Waals surface area contributed by atoms with Crippen molar-refractivity contribution in [3.8, 4) is 0 Å². The Morgan fingerprint density at radius 1 is 1.15 bits per heavy atom. The van der Waals surface area contributed by atoms with Gasteiger partial charge in [0, 0.05) is 38.3 Å². The molecule has 0 bridgehead atoms. The predicted molar refractivity (Wildman–Crippen MR) is 100.0 cm³/mol. The first-order chi connectivity index (χ1) is 12.8. The second-order valence-electron chi connectivity index (χ2n) is 6.72. The van der Waals surface area contributed by atoms with Crippen molar-refractivity contribution in [2.24, 2.45) is 0 Å². The molecule has 0 radical (unpaired) electrons. The van der Waals surface area contributed by atoms with Gasteiger partial charge in [-0.25, -0.2) is 13.2 Å². The molecule has 3 rings (SSSR count). The number of carbonyl (C=O) groups is 1. The molecule has 7 nitrogen and oxygen atoms in total. The molecule has 1 saturated heterocycles. The molecule has 8 heteroatoms. The maximum Gasteiger partial charge on any atom is 0.374 e. The number of rotatable bonds is 5. The maximum absolute atomic E-state index is 13.0. The molecule has 0 amide bonds. The molecule has 0 aliphatic carbocycles. The number of benzene rings is 1. The number of furan rings is 1. The van der Waals surface area contributed by atoms with Crippen LogP contribution in [0.4, 0.5) is 0 Å². The van der Waals surface area contributed by atoms with Gasteiger partial charge in [0.25, 0.3) is 0 Å². The number of hydrogen-bond donors (Lipinski definition) is 0. The summed E-state index contributed by atoms with van der Waals surface area (Å²) in [5.41, 5.74) is 2.42. The first-order valence-corrected chi connectivity index (χ1v) is 10.2. The zero-order valence-electron chi connectivity index (χ0n) is 15.8. The van der Waals surface area contributed by atoms with Crippen LogP contribution in [0.3, 0.4) is 0 Å². The predicted octanol–water partition coefficient (Wildman–Crippen LogP) is 2.19. The van der Waals surface area contributed by atoms with Crippen molar-refractivity contribution in [1.29, 1.82) is 0 Å². The highest BCUT2D eigenvalue weighted by Gasteiger charge is 2.30. The van der Waals surface area contributed by atoms with E-state index in [0.29, 0.717) is 37.6 Å². The summed E-state index contributed by atoms with van der Waals surface area (Å²) in [7, 11) is -2.20. The molecule has 0 spiro atoms. The van der Waals surface area contributed by atoms with E-state index in [-0.39, 0.29) is 5.76 Å². The van der Waals surface area contributed by atoms with Crippen molar-refractivity contribution >= 4 is 16.0 Å². The molecule has 1 aromatic heterocycles. The van der Waals surface area contributed by atoms with E-state index >= 15 is 0 Å². The van der Waals surface area contributed by atoms with Crippen LogP contribution in [0, 0.1) is 13.8 Å². The summed E-state index contributed by atoms with van der Waals surface area (Å²) in [4.78, 5) is 14.2. The normalized spacial score (nSPS) is 16.4. The third-order valence-electron chi connectivity index (χ3n) is 4.80. The third kappa shape index (κ3) is 4.07. The summed E-state index contributed by atoms with van der Waals surface area (Å²) >= 11 is 0. The van der Waals surface area contributed by atoms with Gasteiger partial charge in [-0.2, -0.15) is 4.31 Å². The van der Waals surface area contributed by atoms with Gasteiger partial charge in [-0.15, -0.1) is 0 Å². The van der Waals surface area contributed by atoms with Crippen molar-refractivity contribution in [2.45, 2.75) is 25.3 Å². The van der Waals surface area contributed by atoms with Gasteiger partial charge in [0.05, 0.1) is 18.3 Å². The zero-order chi connectivity index (χ0) is 19.6. The highest BCUT2D eigenvalue weighted by atomic mass is 32.2. The van der Waals surface area contributed by atoms with Gasteiger partial charge in [-0.05, 0) is 37.1 Å². The van der Waals surface area contributed by atoms with Crippen molar-refractivity contribution in [1.82, 2.24) is 9.21 Å². The number of sulfonamides is 1. The fourth-order valence-corrected chi connectivity index (χ4v) is 4.96. The van der Waals surface area contributed by atoms with Crippen molar-refractivity contribution in [2.75, 3.05) is 33.3 Å². The first-order valence-electron chi connectivity index (χ1n) is 8.77. The number of esters is 1. The molecule has 0 N–H and O–H groups in total. The zero-order valence-corrected chi connectivity index (χ0v) is 16.6. The standard InChI is InChI=1S/C19H24N2O5S/c1-14-4-5-15(2)17(12-14)27(23,24)21-9-7-20(8-10-21)13-16-6-11-26-18(16)19(22)25-3/h4-6,11-12H,7-10,13H2,1-3H3. The lowest BCUT2D eigenvalue weighted by Gasteiger charge is -2.34. The second kappa shape index (κ2) is 7.84. The van der Waals surface area contributed by atoms with Crippen molar-refractivity contribution in [3.63, 3.8) is 0 Å². The topological polar surface area (TPSA) is 80.1 Å². The van der Waals surface area contributed by atoms with Crippen LogP contribution >= 0.6 is 0 Å². The van der Waals surface area contributed by atoms with E-state index in [0.717, 1.165) is 16.7 Å². The lowest BCUT2D eigenvalue weighted by atomic mass is 10.2. The minimum atomic E-state index is -3.51. The average Bonchev–Trinajstić information content (AvgIpc) is 3.11. The Morgan fingerprint density at radius 3 is 2.52 bits per heavy atom. The summed E-state index contributed by atoms with van der Waals surface area (Å²) in [6.07, 6.45) is 1.46. The van der Waals surface area contributed by atoms with Crippen LogP contribution in [0.2, 0.25) is 0 Å². The smallest absolute Gasteiger partial charge is 0.374 e. The van der Waals surface area contributed by atoms with Crippen molar-refractivity contribution < 1.29 is 22.4 Å². The minimum absolute atomic E-state index is 0.197. The Kier molecular flexibility index (Phi) is 5.69. The van der Waals surface area contributed by atoms with Crippen LogP contribution in [0.1, 0.15) is 27.2 Å². The van der Waals surface area contributed by atoms with Gasteiger partial charge in [-0.1, -0.05) is 12.1 Å². The Bertz CT molecular complexity index is 927. The number of aryl methyl sites for hydroxylation is 2. The van der Waals surface area contributed by atoms with Gasteiger partial charge >= 0.3 is 5.97 Å². The van der Waals surface area contributed by atoms with Crippen LogP contribution in [-0.4, -0.2) is 56.9 Å². The summed E-state index contributed by atoms with van der Waals surface area (Å²) in [5, 5.41) is 0. The number of hydrogen-bond acceptors (Lipinski definition) is 6. The molecule has 0 atom stereocenters. The first kappa shape index (κ1) is 19.6. The van der Waals surface area contributed by atoms with E-state index in [1.807, 2.05) is 26.0 Å². The molecule has 146 valence electrons. The summed E-state index contributed by atoms with van der Waals surface area (Å²) < 4.78 is 37.5. The summed E-state index contributed by atoms with van der Waals surface area (Å²) in [6, 6.07) is 7.22. The van der Waals surface area contributed by atoms with E-state index < -0.39 is 16.0 Å². The average molecular weight is 392 g/mol. The quantitative estimate of drug-likeness (QED) is 0.726. The van der Waals surface area contributed by atoms with Gasteiger partial charge in [0.2, 0.25) is 15.8 Å². The van der Waals surface area contributed by atoms with Crippen LogP contribution in [-0.2, 0) is 21.3 Å². The minimum Gasteiger partial charge on any atom is -0.463 e. The summed E-state index contributed by atoms with van der Waals surface area (Å²) in [5.74, 6) is -0.311. The molecule has 1 aliphatic rings. The van der Waals surface area contributed by atoms with Gasteiger partial charge in [0.1, 0.15) is 0 Å². The molecule has 0 unspecified atom stereocenters. The number of methoxy groups -OCH3 is 1. The second-order valence-corrected chi connectivity index (χ2v) is 8.62. The summed E-state index contributed by atoms with van der Waals surface area (Å²) in [6.45, 7) is 6.18. The third-order valence-corrected chi connectivity index (χ3v) is 6.84. The molecule has 2 aromatic rings. The fraction of sp³-hybridized carbons (Fsp3) is 0.421. The number of piperazine rings is 1. The largest absolute Gasteiger partial charge is 0.463 e. The Morgan fingerprint density at radius 2 is 1.85 bits per heavy atom. The molecule has 27 heavy (non-hydrogen) atoms. The molecular weight excluding hydrogens is 368 g/mol. The highest BCUT2D eigenvalue weighted by Crippen LogP contribution is 2.23. The van der Waals surface area contributed by atoms with E-state index in [1.165, 1.54) is 17.7 Å². The van der Waals surface area contributed by atoms with E-state index in [4.69, 9.17) is 9.15 Å². The van der Waals surface area contributed by atoms with Gasteiger partial charge < -0.3 is 9.15 Å². The van der Waals surface area contributed by atoms with Crippen LogP contribution in [0.5, 0.6) is 0 Å². The van der Waals surface area contributed by atoms with Crippen LogP contribution in [0.25, 0.3) is 0 Å². The SMILES string of the molecule is COC(=O)c1occc1CN1CCN(S(=O)(=O)c2cc(C)ccc2C)CC1. The van der Waals surface area contributed by atoms with E-state index in [9.17, 15) is 13.2 Å². The van der Waals surface area contributed by atoms with Gasteiger partial charge in [-0.3, -0.25) is 4.90 Å². The molecular formula is C19H24N2O5S. The maximum atomic E-state index is 13.0. The molecule has 2 heterocycles. The lowest BCUT2D eigenvalue weighted by Crippen LogP contribution is -2.48. The molecule has 1 fully saturated rings.